The van der Waals surface area contributed by atoms with Crippen LogP contribution in [0, 0.1) is 0 Å². The van der Waals surface area contributed by atoms with Crippen LogP contribution in [-0.4, -0.2) is 0 Å². The zero-order valence-electron chi connectivity index (χ0n) is 34.8. The number of hydrogen-bond donors (Lipinski definition) is 0. The van der Waals surface area contributed by atoms with Crippen molar-refractivity contribution in [2.75, 3.05) is 9.80 Å². The number of nitrogens with zero attached hydrogens (tertiary/aromatic N) is 2. The van der Waals surface area contributed by atoms with Gasteiger partial charge in [-0.1, -0.05) is 146 Å². The van der Waals surface area contributed by atoms with Gasteiger partial charge in [-0.05, 0) is 130 Å². The summed E-state index contributed by atoms with van der Waals surface area (Å²) >= 11 is 3.70. The molecule has 0 unspecified atom stereocenters. The number of anilines is 6. The lowest BCUT2D eigenvalue weighted by molar-refractivity contribution is 1.29. The summed E-state index contributed by atoms with van der Waals surface area (Å²) in [6.45, 7) is 0. The van der Waals surface area contributed by atoms with Crippen LogP contribution in [0.15, 0.2) is 243 Å². The van der Waals surface area contributed by atoms with E-state index in [4.69, 9.17) is 0 Å². The minimum absolute atomic E-state index is 1.10. The van der Waals surface area contributed by atoms with Gasteiger partial charge in [-0.25, -0.2) is 0 Å². The highest BCUT2D eigenvalue weighted by atomic mass is 32.1. The molecule has 0 aliphatic heterocycles. The summed E-state index contributed by atoms with van der Waals surface area (Å²) in [7, 11) is 0. The van der Waals surface area contributed by atoms with Crippen molar-refractivity contribution in [1.82, 2.24) is 0 Å². The molecule has 0 atom stereocenters. The Balaban J connectivity index is 0.902. The number of benzene rings is 10. The van der Waals surface area contributed by atoms with Crippen molar-refractivity contribution in [3.8, 4) is 33.4 Å². The minimum atomic E-state index is 1.10. The first-order valence-corrected chi connectivity index (χ1v) is 23.3. The molecule has 12 rings (SSSR count). The fourth-order valence-corrected chi connectivity index (χ4v) is 11.2. The summed E-state index contributed by atoms with van der Waals surface area (Å²) in [5.41, 5.74) is 13.8. The van der Waals surface area contributed by atoms with E-state index in [0.29, 0.717) is 0 Å². The van der Waals surface area contributed by atoms with Crippen LogP contribution in [0.1, 0.15) is 0 Å². The predicted octanol–water partition coefficient (Wildman–Crippen LogP) is 18.4. The molecule has 2 nitrogen and oxygen atoms in total. The lowest BCUT2D eigenvalue weighted by Crippen LogP contribution is -2.10. The predicted molar refractivity (Wildman–Crippen MR) is 278 cm³/mol. The smallest absolute Gasteiger partial charge is 0.0468 e. The summed E-state index contributed by atoms with van der Waals surface area (Å²) in [4.78, 5) is 4.75. The quantitative estimate of drug-likeness (QED) is 0.143. The standard InChI is InChI=1S/C60H40N2S2/c1-3-11-41(12-4-1)43-19-27-47(28-20-43)61(51-35-37-59-55(39-51)53-15-7-9-17-57(53)63-59)49-31-23-45(24-32-49)46-25-33-50(34-26-46)62(48-29-21-44(22-30-48)42-13-5-2-6-14-42)52-36-38-60-56(40-52)54-16-8-10-18-58(54)64-60/h1-40H. The van der Waals surface area contributed by atoms with Crippen molar-refractivity contribution in [3.63, 3.8) is 0 Å². The molecule has 0 N–H and O–H groups in total. The van der Waals surface area contributed by atoms with E-state index in [1.54, 1.807) is 0 Å². The van der Waals surface area contributed by atoms with Crippen molar-refractivity contribution in [2.24, 2.45) is 0 Å². The van der Waals surface area contributed by atoms with Gasteiger partial charge < -0.3 is 9.80 Å². The number of fused-ring (bicyclic) bond motifs is 6. The summed E-state index contributed by atoms with van der Waals surface area (Å²) in [5, 5.41) is 5.16. The minimum Gasteiger partial charge on any atom is -0.310 e. The second-order valence-corrected chi connectivity index (χ2v) is 18.3. The van der Waals surface area contributed by atoms with Gasteiger partial charge in [0.25, 0.3) is 0 Å². The maximum atomic E-state index is 2.38. The Kier molecular flexibility index (Phi) is 9.59. The van der Waals surface area contributed by atoms with Crippen molar-refractivity contribution in [2.45, 2.75) is 0 Å². The molecular weight excluding hydrogens is 813 g/mol. The third-order valence-electron chi connectivity index (χ3n) is 12.3. The van der Waals surface area contributed by atoms with Crippen molar-refractivity contribution in [3.05, 3.63) is 243 Å². The van der Waals surface area contributed by atoms with Crippen molar-refractivity contribution < 1.29 is 0 Å². The van der Waals surface area contributed by atoms with E-state index >= 15 is 0 Å². The zero-order valence-corrected chi connectivity index (χ0v) is 36.4. The van der Waals surface area contributed by atoms with E-state index in [-0.39, 0.29) is 0 Å². The van der Waals surface area contributed by atoms with Crippen molar-refractivity contribution >= 4 is 97.1 Å². The largest absolute Gasteiger partial charge is 0.310 e. The van der Waals surface area contributed by atoms with E-state index in [2.05, 4.69) is 252 Å². The third kappa shape index (κ3) is 7.00. The Bertz CT molecular complexity index is 3330. The topological polar surface area (TPSA) is 6.48 Å². The molecule has 10 aromatic carbocycles. The van der Waals surface area contributed by atoms with Gasteiger partial charge in [0.2, 0.25) is 0 Å². The van der Waals surface area contributed by atoms with E-state index in [1.807, 2.05) is 22.7 Å². The highest BCUT2D eigenvalue weighted by molar-refractivity contribution is 7.26. The van der Waals surface area contributed by atoms with E-state index in [9.17, 15) is 0 Å². The molecule has 64 heavy (non-hydrogen) atoms. The molecule has 302 valence electrons. The molecule has 4 heteroatoms. The Labute approximate surface area is 380 Å². The summed E-state index contributed by atoms with van der Waals surface area (Å²) < 4.78 is 5.22. The Hall–Kier alpha value is -7.76. The first-order valence-electron chi connectivity index (χ1n) is 21.6. The number of hydrogen-bond acceptors (Lipinski definition) is 4. The third-order valence-corrected chi connectivity index (χ3v) is 14.6. The Morgan fingerprint density at radius 2 is 0.469 bits per heavy atom. The molecule has 12 aromatic rings. The SMILES string of the molecule is c1ccc(-c2ccc(N(c3ccc(-c4ccc(N(c5ccc(-c6ccccc6)cc5)c5ccc6sc7ccccc7c6c5)cc4)cc3)c3ccc4sc5ccccc5c4c3)cc2)cc1. The Morgan fingerprint density at radius 1 is 0.203 bits per heavy atom. The van der Waals surface area contributed by atoms with Crippen LogP contribution in [-0.2, 0) is 0 Å². The fraction of sp³-hybridized carbons (Fsp3) is 0. The molecule has 0 radical (unpaired) electrons. The molecule has 0 aliphatic carbocycles. The van der Waals surface area contributed by atoms with E-state index < -0.39 is 0 Å². The van der Waals surface area contributed by atoms with Gasteiger partial charge in [0, 0.05) is 74.5 Å². The van der Waals surface area contributed by atoms with Gasteiger partial charge in [0.1, 0.15) is 0 Å². The molecule has 2 heterocycles. The highest BCUT2D eigenvalue weighted by Gasteiger charge is 2.18. The maximum absolute atomic E-state index is 2.38. The van der Waals surface area contributed by atoms with Crippen LogP contribution in [0.3, 0.4) is 0 Å². The van der Waals surface area contributed by atoms with Gasteiger partial charge in [-0.3, -0.25) is 0 Å². The first-order chi connectivity index (χ1) is 31.7. The lowest BCUT2D eigenvalue weighted by atomic mass is 10.0. The molecule has 0 spiro atoms. The summed E-state index contributed by atoms with van der Waals surface area (Å²) in [6.07, 6.45) is 0. The van der Waals surface area contributed by atoms with Gasteiger partial charge >= 0.3 is 0 Å². The van der Waals surface area contributed by atoms with Gasteiger partial charge in [0.05, 0.1) is 0 Å². The second-order valence-electron chi connectivity index (χ2n) is 16.1. The lowest BCUT2D eigenvalue weighted by Gasteiger charge is -2.26. The molecule has 0 fully saturated rings. The molecule has 0 amide bonds. The monoisotopic (exact) mass is 852 g/mol. The van der Waals surface area contributed by atoms with Crippen LogP contribution in [0.25, 0.3) is 73.7 Å². The molecular formula is C60H40N2S2. The van der Waals surface area contributed by atoms with Gasteiger partial charge in [-0.15, -0.1) is 22.7 Å². The summed E-state index contributed by atoms with van der Waals surface area (Å²) in [5.74, 6) is 0. The number of thiophene rings is 2. The van der Waals surface area contributed by atoms with Crippen LogP contribution in [0.2, 0.25) is 0 Å². The fourth-order valence-electron chi connectivity index (χ4n) is 9.07. The molecule has 0 saturated carbocycles. The molecule has 0 saturated heterocycles. The summed E-state index contributed by atoms with van der Waals surface area (Å²) in [6, 6.07) is 88.3. The van der Waals surface area contributed by atoms with Gasteiger partial charge in [0.15, 0.2) is 0 Å². The maximum Gasteiger partial charge on any atom is 0.0468 e. The molecule has 0 bridgehead atoms. The van der Waals surface area contributed by atoms with Crippen LogP contribution < -0.4 is 9.80 Å². The second kappa shape index (κ2) is 16.2. The molecule has 0 aliphatic rings. The van der Waals surface area contributed by atoms with Gasteiger partial charge in [-0.2, -0.15) is 0 Å². The highest BCUT2D eigenvalue weighted by Crippen LogP contribution is 2.44. The van der Waals surface area contributed by atoms with Crippen LogP contribution >= 0.6 is 22.7 Å². The van der Waals surface area contributed by atoms with E-state index in [0.717, 1.165) is 34.1 Å². The van der Waals surface area contributed by atoms with Crippen molar-refractivity contribution in [1.29, 1.82) is 0 Å². The van der Waals surface area contributed by atoms with Crippen LogP contribution in [0.4, 0.5) is 34.1 Å². The zero-order chi connectivity index (χ0) is 42.4. The first kappa shape index (κ1) is 38.0. The average molecular weight is 853 g/mol. The Morgan fingerprint density at radius 3 is 0.812 bits per heavy atom. The normalized spacial score (nSPS) is 11.4. The molecule has 2 aromatic heterocycles. The number of rotatable bonds is 9. The van der Waals surface area contributed by atoms with E-state index in [1.165, 1.54) is 73.7 Å². The average Bonchev–Trinajstić information content (AvgIpc) is 3.94. The van der Waals surface area contributed by atoms with Crippen LogP contribution in [0.5, 0.6) is 0 Å².